The summed E-state index contributed by atoms with van der Waals surface area (Å²) in [5.74, 6) is 0.731. The van der Waals surface area contributed by atoms with E-state index in [1.165, 1.54) is 11.8 Å². The van der Waals surface area contributed by atoms with Crippen molar-refractivity contribution in [3.8, 4) is 5.75 Å². The fraction of sp³-hybridized carbons (Fsp3) is 0.261. The van der Waals surface area contributed by atoms with Crippen LogP contribution in [-0.4, -0.2) is 34.7 Å². The maximum Gasteiger partial charge on any atom is 0.266 e. The van der Waals surface area contributed by atoms with Crippen molar-refractivity contribution < 1.29 is 14.3 Å². The molecule has 1 fully saturated rings. The summed E-state index contributed by atoms with van der Waals surface area (Å²) in [4.78, 5) is 27.1. The number of amides is 2. The molecule has 2 amide bonds. The Morgan fingerprint density at radius 2 is 1.97 bits per heavy atom. The highest BCUT2D eigenvalue weighted by Crippen LogP contribution is 2.33. The molecule has 31 heavy (non-hydrogen) atoms. The SMILES string of the molecule is COc1ccc(C=C2SC(=S)N(CCCCCC(=O)Nc3cccc(I)c3)C2=O)cc1. The van der Waals surface area contributed by atoms with Crippen LogP contribution in [0.1, 0.15) is 31.2 Å². The lowest BCUT2D eigenvalue weighted by Crippen LogP contribution is -2.29. The number of anilines is 1. The second kappa shape index (κ2) is 11.6. The van der Waals surface area contributed by atoms with Gasteiger partial charge in [-0.2, -0.15) is 0 Å². The maximum atomic E-state index is 12.7. The van der Waals surface area contributed by atoms with Crippen LogP contribution in [0.5, 0.6) is 5.75 Å². The molecule has 0 aliphatic carbocycles. The van der Waals surface area contributed by atoms with Gasteiger partial charge >= 0.3 is 0 Å². The number of methoxy groups -OCH3 is 1. The van der Waals surface area contributed by atoms with Gasteiger partial charge in [0.05, 0.1) is 12.0 Å². The number of thioether (sulfide) groups is 1. The van der Waals surface area contributed by atoms with E-state index < -0.39 is 0 Å². The van der Waals surface area contributed by atoms with Crippen molar-refractivity contribution in [1.82, 2.24) is 4.90 Å². The lowest BCUT2D eigenvalue weighted by molar-refractivity contribution is -0.122. The first-order valence-corrected chi connectivity index (χ1v) is 12.2. The van der Waals surface area contributed by atoms with E-state index in [4.69, 9.17) is 17.0 Å². The molecule has 0 aromatic heterocycles. The van der Waals surface area contributed by atoms with Gasteiger partial charge in [-0.05, 0) is 77.4 Å². The smallest absolute Gasteiger partial charge is 0.266 e. The highest BCUT2D eigenvalue weighted by Gasteiger charge is 2.31. The Morgan fingerprint density at radius 3 is 2.68 bits per heavy atom. The van der Waals surface area contributed by atoms with Crippen LogP contribution in [0.15, 0.2) is 53.4 Å². The first-order chi connectivity index (χ1) is 15.0. The van der Waals surface area contributed by atoms with Gasteiger partial charge < -0.3 is 10.1 Å². The molecule has 162 valence electrons. The molecule has 0 bridgehead atoms. The van der Waals surface area contributed by atoms with Crippen LogP contribution in [0.4, 0.5) is 5.69 Å². The number of ether oxygens (including phenoxy) is 1. The summed E-state index contributed by atoms with van der Waals surface area (Å²) < 4.78 is 6.83. The third-order valence-corrected chi connectivity index (χ3v) is 6.73. The molecule has 2 aromatic rings. The van der Waals surface area contributed by atoms with Crippen molar-refractivity contribution in [2.24, 2.45) is 0 Å². The van der Waals surface area contributed by atoms with Crippen LogP contribution < -0.4 is 10.1 Å². The molecule has 1 saturated heterocycles. The molecule has 1 heterocycles. The summed E-state index contributed by atoms with van der Waals surface area (Å²) in [6.45, 7) is 0.573. The summed E-state index contributed by atoms with van der Waals surface area (Å²) >= 11 is 8.95. The van der Waals surface area contributed by atoms with Gasteiger partial charge in [-0.15, -0.1) is 0 Å². The van der Waals surface area contributed by atoms with E-state index in [1.807, 2.05) is 54.6 Å². The summed E-state index contributed by atoms with van der Waals surface area (Å²) in [6.07, 6.45) is 4.74. The molecule has 3 rings (SSSR count). The number of rotatable bonds is 9. The Hall–Kier alpha value is -1.91. The van der Waals surface area contributed by atoms with E-state index in [2.05, 4.69) is 27.9 Å². The molecule has 1 N–H and O–H groups in total. The molecule has 8 heteroatoms. The molecule has 1 aliphatic rings. The van der Waals surface area contributed by atoms with Gasteiger partial charge in [0, 0.05) is 22.2 Å². The fourth-order valence-corrected chi connectivity index (χ4v) is 4.92. The summed E-state index contributed by atoms with van der Waals surface area (Å²) in [5.41, 5.74) is 1.75. The number of halogens is 1. The van der Waals surface area contributed by atoms with E-state index in [1.54, 1.807) is 12.0 Å². The third-order valence-electron chi connectivity index (χ3n) is 4.68. The van der Waals surface area contributed by atoms with Gasteiger partial charge in [-0.25, -0.2) is 0 Å². The van der Waals surface area contributed by atoms with Crippen molar-refractivity contribution in [1.29, 1.82) is 0 Å². The van der Waals surface area contributed by atoms with Crippen LogP contribution >= 0.6 is 46.6 Å². The van der Waals surface area contributed by atoms with E-state index in [0.717, 1.165) is 39.8 Å². The maximum absolute atomic E-state index is 12.7. The standard InChI is InChI=1S/C23H23IN2O3S2/c1-29-19-11-9-16(10-12-19)14-20-22(28)26(23(30)31-20)13-4-2-3-8-21(27)25-18-7-5-6-17(24)15-18/h5-7,9-12,14-15H,2-4,8,13H2,1H3,(H,25,27). The first kappa shape index (κ1) is 23.7. The Bertz CT molecular complexity index is 993. The predicted molar refractivity (Wildman–Crippen MR) is 139 cm³/mol. The van der Waals surface area contributed by atoms with Crippen molar-refractivity contribution in [3.05, 3.63) is 62.6 Å². The molecule has 5 nitrogen and oxygen atoms in total. The predicted octanol–water partition coefficient (Wildman–Crippen LogP) is 5.70. The van der Waals surface area contributed by atoms with Gasteiger partial charge in [-0.1, -0.05) is 48.6 Å². The number of carbonyl (C=O) groups is 2. The monoisotopic (exact) mass is 566 g/mol. The molecular formula is C23H23IN2O3S2. The van der Waals surface area contributed by atoms with E-state index >= 15 is 0 Å². The number of hydrogen-bond acceptors (Lipinski definition) is 5. The van der Waals surface area contributed by atoms with Crippen LogP contribution in [0.3, 0.4) is 0 Å². The number of carbonyl (C=O) groups excluding carboxylic acids is 2. The van der Waals surface area contributed by atoms with Gasteiger partial charge in [-0.3, -0.25) is 14.5 Å². The zero-order chi connectivity index (χ0) is 22.2. The van der Waals surface area contributed by atoms with Gasteiger partial charge in [0.25, 0.3) is 5.91 Å². The van der Waals surface area contributed by atoms with Crippen LogP contribution in [0, 0.1) is 3.57 Å². The number of nitrogens with one attached hydrogen (secondary N) is 1. The summed E-state index contributed by atoms with van der Waals surface area (Å²) in [7, 11) is 1.62. The van der Waals surface area contributed by atoms with E-state index in [0.29, 0.717) is 22.2 Å². The topological polar surface area (TPSA) is 58.6 Å². The zero-order valence-electron chi connectivity index (χ0n) is 17.1. The summed E-state index contributed by atoms with van der Waals surface area (Å²) in [6, 6.07) is 15.3. The molecular weight excluding hydrogens is 543 g/mol. The Labute approximate surface area is 205 Å². The van der Waals surface area contributed by atoms with Crippen LogP contribution in [0.25, 0.3) is 6.08 Å². The molecule has 0 unspecified atom stereocenters. The molecule has 0 radical (unpaired) electrons. The quantitative estimate of drug-likeness (QED) is 0.183. The van der Waals surface area contributed by atoms with Crippen LogP contribution in [0.2, 0.25) is 0 Å². The minimum atomic E-state index is -0.0535. The average Bonchev–Trinajstić information content (AvgIpc) is 3.01. The number of unbranched alkanes of at least 4 members (excludes halogenated alkanes) is 2. The van der Waals surface area contributed by atoms with Crippen molar-refractivity contribution >= 4 is 74.5 Å². The molecule has 0 atom stereocenters. The Balaban J connectivity index is 1.42. The highest BCUT2D eigenvalue weighted by molar-refractivity contribution is 14.1. The Morgan fingerprint density at radius 1 is 1.19 bits per heavy atom. The number of benzene rings is 2. The minimum absolute atomic E-state index is 0.00929. The first-order valence-electron chi connectivity index (χ1n) is 9.91. The summed E-state index contributed by atoms with van der Waals surface area (Å²) in [5, 5.41) is 2.92. The number of nitrogens with zero attached hydrogens (tertiary/aromatic N) is 1. The molecule has 0 spiro atoms. The fourth-order valence-electron chi connectivity index (χ4n) is 3.07. The number of thiocarbonyl (C=S) groups is 1. The zero-order valence-corrected chi connectivity index (χ0v) is 20.9. The van der Waals surface area contributed by atoms with Crippen LogP contribution in [-0.2, 0) is 9.59 Å². The second-order valence-electron chi connectivity index (χ2n) is 6.98. The molecule has 2 aromatic carbocycles. The van der Waals surface area contributed by atoms with E-state index in [9.17, 15) is 9.59 Å². The lowest BCUT2D eigenvalue weighted by atomic mass is 10.1. The van der Waals surface area contributed by atoms with Gasteiger partial charge in [0.1, 0.15) is 10.1 Å². The number of hydrogen-bond donors (Lipinski definition) is 1. The second-order valence-corrected chi connectivity index (χ2v) is 9.90. The van der Waals surface area contributed by atoms with Gasteiger partial charge in [0.15, 0.2) is 0 Å². The van der Waals surface area contributed by atoms with Crippen molar-refractivity contribution in [3.63, 3.8) is 0 Å². The lowest BCUT2D eigenvalue weighted by Gasteiger charge is -2.14. The van der Waals surface area contributed by atoms with Crippen molar-refractivity contribution in [2.75, 3.05) is 19.0 Å². The van der Waals surface area contributed by atoms with Gasteiger partial charge in [0.2, 0.25) is 5.91 Å². The third kappa shape index (κ3) is 7.05. The van der Waals surface area contributed by atoms with Crippen molar-refractivity contribution in [2.45, 2.75) is 25.7 Å². The minimum Gasteiger partial charge on any atom is -0.497 e. The van der Waals surface area contributed by atoms with E-state index in [-0.39, 0.29) is 11.8 Å². The average molecular weight is 566 g/mol. The highest BCUT2D eigenvalue weighted by atomic mass is 127. The Kier molecular flexibility index (Phi) is 8.91. The molecule has 1 aliphatic heterocycles. The molecule has 0 saturated carbocycles. The largest absolute Gasteiger partial charge is 0.497 e. The normalized spacial score (nSPS) is 14.9.